The van der Waals surface area contributed by atoms with Gasteiger partial charge < -0.3 is 4.74 Å². The van der Waals surface area contributed by atoms with E-state index in [9.17, 15) is 8.42 Å². The van der Waals surface area contributed by atoms with E-state index >= 15 is 0 Å². The third kappa shape index (κ3) is 3.03. The summed E-state index contributed by atoms with van der Waals surface area (Å²) in [7, 11) is -3.56. The summed E-state index contributed by atoms with van der Waals surface area (Å²) in [4.78, 5) is 4.45. The predicted octanol–water partition coefficient (Wildman–Crippen LogP) is 1.76. The van der Waals surface area contributed by atoms with E-state index in [1.165, 1.54) is 4.31 Å². The molecule has 2 aromatic rings. The van der Waals surface area contributed by atoms with Gasteiger partial charge in [0.2, 0.25) is 15.9 Å². The molecule has 1 fully saturated rings. The smallest absolute Gasteiger partial charge is 0.246 e. The number of aromatic nitrogens is 3. The van der Waals surface area contributed by atoms with Crippen molar-refractivity contribution in [1.82, 2.24) is 19.1 Å². The molecule has 0 bridgehead atoms. The molecular weight excluding hydrogens is 328 g/mol. The lowest BCUT2D eigenvalue weighted by atomic mass is 10.3. The molecule has 3 rings (SSSR count). The van der Waals surface area contributed by atoms with Crippen LogP contribution in [0.4, 0.5) is 0 Å². The van der Waals surface area contributed by atoms with Gasteiger partial charge in [-0.3, -0.25) is 4.68 Å². The maximum absolute atomic E-state index is 13.0. The Bertz CT molecular complexity index is 817. The fourth-order valence-corrected chi connectivity index (χ4v) is 4.95. The van der Waals surface area contributed by atoms with Crippen LogP contribution in [0.2, 0.25) is 0 Å². The molecule has 0 aliphatic carbocycles. The highest BCUT2D eigenvalue weighted by Gasteiger charge is 2.36. The monoisotopic (exact) mass is 350 g/mol. The van der Waals surface area contributed by atoms with Crippen LogP contribution in [0.1, 0.15) is 24.7 Å². The molecule has 0 saturated carbocycles. The lowest BCUT2D eigenvalue weighted by molar-refractivity contribution is 0.207. The Kier molecular flexibility index (Phi) is 4.60. The van der Waals surface area contributed by atoms with Crippen LogP contribution in [0.25, 0.3) is 0 Å². The van der Waals surface area contributed by atoms with E-state index in [-0.39, 0.29) is 6.10 Å². The molecule has 0 amide bonds. The van der Waals surface area contributed by atoms with Gasteiger partial charge in [-0.05, 0) is 33.3 Å². The highest BCUT2D eigenvalue weighted by Crippen LogP contribution is 2.27. The molecule has 3 heterocycles. The zero-order chi connectivity index (χ0) is 17.3. The van der Waals surface area contributed by atoms with Crippen LogP contribution >= 0.6 is 0 Å². The Morgan fingerprint density at radius 3 is 2.75 bits per heavy atom. The minimum Gasteiger partial charge on any atom is -0.473 e. The largest absolute Gasteiger partial charge is 0.473 e. The number of ether oxygens (including phenoxy) is 1. The van der Waals surface area contributed by atoms with E-state index in [1.54, 1.807) is 30.8 Å². The number of hydrogen-bond donors (Lipinski definition) is 0. The van der Waals surface area contributed by atoms with Crippen molar-refractivity contribution in [2.24, 2.45) is 0 Å². The van der Waals surface area contributed by atoms with Gasteiger partial charge in [0.05, 0.1) is 17.9 Å². The number of aryl methyl sites for hydroxylation is 2. The molecule has 2 aromatic heterocycles. The van der Waals surface area contributed by atoms with Crippen molar-refractivity contribution >= 4 is 10.0 Å². The quantitative estimate of drug-likeness (QED) is 0.821. The van der Waals surface area contributed by atoms with Crippen LogP contribution in [0.15, 0.2) is 29.3 Å². The first-order chi connectivity index (χ1) is 11.4. The first-order valence-corrected chi connectivity index (χ1v) is 9.49. The van der Waals surface area contributed by atoms with E-state index < -0.39 is 10.0 Å². The number of hydrogen-bond acceptors (Lipinski definition) is 5. The summed E-state index contributed by atoms with van der Waals surface area (Å²) in [6.07, 6.45) is 2.12. The van der Waals surface area contributed by atoms with Gasteiger partial charge in [0.15, 0.2) is 0 Å². The molecule has 24 heavy (non-hydrogen) atoms. The highest BCUT2D eigenvalue weighted by atomic mass is 32.2. The molecule has 1 atom stereocenters. The van der Waals surface area contributed by atoms with E-state index in [2.05, 4.69) is 10.1 Å². The number of pyridine rings is 1. The lowest BCUT2D eigenvalue weighted by Gasteiger charge is -2.17. The van der Waals surface area contributed by atoms with E-state index in [1.807, 2.05) is 19.1 Å². The normalized spacial score (nSPS) is 18.9. The van der Waals surface area contributed by atoms with Crippen molar-refractivity contribution in [1.29, 1.82) is 0 Å². The molecule has 1 unspecified atom stereocenters. The van der Waals surface area contributed by atoms with E-state index in [0.29, 0.717) is 48.2 Å². The number of nitrogens with zero attached hydrogens (tertiary/aromatic N) is 4. The fraction of sp³-hybridized carbons (Fsp3) is 0.500. The van der Waals surface area contributed by atoms with Crippen molar-refractivity contribution in [3.8, 4) is 5.88 Å². The Morgan fingerprint density at radius 2 is 2.12 bits per heavy atom. The molecule has 0 radical (unpaired) electrons. The van der Waals surface area contributed by atoms with Gasteiger partial charge in [0.25, 0.3) is 0 Å². The maximum atomic E-state index is 13.0. The Balaban J connectivity index is 1.78. The second-order valence-electron chi connectivity index (χ2n) is 5.88. The zero-order valence-corrected chi connectivity index (χ0v) is 15.0. The van der Waals surface area contributed by atoms with Crippen LogP contribution < -0.4 is 4.74 Å². The first kappa shape index (κ1) is 16.9. The average Bonchev–Trinajstić information content (AvgIpc) is 3.13. The van der Waals surface area contributed by atoms with Crippen LogP contribution in [-0.4, -0.2) is 46.7 Å². The van der Waals surface area contributed by atoms with E-state index in [4.69, 9.17) is 4.74 Å². The Morgan fingerprint density at radius 1 is 1.33 bits per heavy atom. The fourth-order valence-electron chi connectivity index (χ4n) is 3.09. The van der Waals surface area contributed by atoms with Crippen molar-refractivity contribution < 1.29 is 13.2 Å². The SMILES string of the molecule is CCn1nc(C)c(S(=O)(=O)N2CCC(Oc3ccccn3)C2)c1C. The second kappa shape index (κ2) is 6.52. The van der Waals surface area contributed by atoms with Gasteiger partial charge in [0, 0.05) is 25.4 Å². The summed E-state index contributed by atoms with van der Waals surface area (Å²) < 4.78 is 35.0. The summed E-state index contributed by atoms with van der Waals surface area (Å²) in [6, 6.07) is 5.43. The first-order valence-electron chi connectivity index (χ1n) is 8.05. The van der Waals surface area contributed by atoms with Gasteiger partial charge in [-0.25, -0.2) is 13.4 Å². The van der Waals surface area contributed by atoms with Gasteiger partial charge in [-0.1, -0.05) is 6.07 Å². The minimum absolute atomic E-state index is 0.184. The molecule has 1 saturated heterocycles. The van der Waals surface area contributed by atoms with Crippen molar-refractivity contribution in [3.63, 3.8) is 0 Å². The molecule has 1 aliphatic rings. The summed E-state index contributed by atoms with van der Waals surface area (Å²) >= 11 is 0. The number of rotatable bonds is 5. The second-order valence-corrected chi connectivity index (χ2v) is 7.75. The summed E-state index contributed by atoms with van der Waals surface area (Å²) in [5.41, 5.74) is 1.23. The standard InChI is InChI=1S/C16H22N4O3S/c1-4-20-13(3)16(12(2)18-20)24(21,22)19-10-8-14(11-19)23-15-7-5-6-9-17-15/h5-7,9,14H,4,8,10-11H2,1-3H3. The summed E-state index contributed by atoms with van der Waals surface area (Å²) in [5.74, 6) is 0.521. The third-order valence-corrected chi connectivity index (χ3v) is 6.36. The molecule has 1 aliphatic heterocycles. The topological polar surface area (TPSA) is 77.3 Å². The zero-order valence-electron chi connectivity index (χ0n) is 14.1. The molecule has 8 heteroatoms. The van der Waals surface area contributed by atoms with Crippen LogP contribution in [0.3, 0.4) is 0 Å². The molecular formula is C16H22N4O3S. The van der Waals surface area contributed by atoms with Crippen LogP contribution in [0, 0.1) is 13.8 Å². The average molecular weight is 350 g/mol. The molecule has 0 spiro atoms. The van der Waals surface area contributed by atoms with Gasteiger partial charge >= 0.3 is 0 Å². The van der Waals surface area contributed by atoms with Crippen LogP contribution in [0.5, 0.6) is 5.88 Å². The van der Waals surface area contributed by atoms with Gasteiger partial charge in [0.1, 0.15) is 11.0 Å². The number of sulfonamides is 1. The summed E-state index contributed by atoms with van der Waals surface area (Å²) in [6.45, 7) is 6.90. The molecule has 0 aromatic carbocycles. The van der Waals surface area contributed by atoms with Gasteiger partial charge in [-0.15, -0.1) is 0 Å². The summed E-state index contributed by atoms with van der Waals surface area (Å²) in [5, 5.41) is 4.32. The third-order valence-electron chi connectivity index (χ3n) is 4.25. The lowest BCUT2D eigenvalue weighted by Crippen LogP contribution is -2.31. The van der Waals surface area contributed by atoms with Crippen molar-refractivity contribution in [2.75, 3.05) is 13.1 Å². The highest BCUT2D eigenvalue weighted by molar-refractivity contribution is 7.89. The van der Waals surface area contributed by atoms with Gasteiger partial charge in [-0.2, -0.15) is 9.40 Å². The predicted molar refractivity (Wildman–Crippen MR) is 89.4 cm³/mol. The van der Waals surface area contributed by atoms with Crippen LogP contribution in [-0.2, 0) is 16.6 Å². The minimum atomic E-state index is -3.56. The maximum Gasteiger partial charge on any atom is 0.246 e. The molecule has 0 N–H and O–H groups in total. The molecule has 7 nitrogen and oxygen atoms in total. The molecule has 130 valence electrons. The van der Waals surface area contributed by atoms with Crippen molar-refractivity contribution in [2.45, 2.75) is 44.7 Å². The van der Waals surface area contributed by atoms with E-state index in [0.717, 1.165) is 0 Å². The Labute approximate surface area is 142 Å². The Hall–Kier alpha value is -1.93. The van der Waals surface area contributed by atoms with Crippen molar-refractivity contribution in [3.05, 3.63) is 35.8 Å².